The van der Waals surface area contributed by atoms with Crippen molar-refractivity contribution in [3.63, 3.8) is 0 Å². The van der Waals surface area contributed by atoms with Crippen molar-refractivity contribution in [1.82, 2.24) is 9.55 Å². The number of ether oxygens (including phenoxy) is 1. The van der Waals surface area contributed by atoms with Crippen LogP contribution >= 0.6 is 15.9 Å². The minimum atomic E-state index is -0.409. The number of esters is 1. The Bertz CT molecular complexity index is 1280. The van der Waals surface area contributed by atoms with E-state index in [0.717, 1.165) is 15.6 Å². The first-order valence-electron chi connectivity index (χ1n) is 9.24. The number of benzene rings is 2. The zero-order valence-corrected chi connectivity index (χ0v) is 17.7. The van der Waals surface area contributed by atoms with Crippen molar-refractivity contribution in [1.29, 1.82) is 0 Å². The molecule has 2 heterocycles. The molecule has 0 saturated carbocycles. The van der Waals surface area contributed by atoms with Gasteiger partial charge in [0.2, 0.25) is 11.4 Å². The molecule has 152 valence electrons. The van der Waals surface area contributed by atoms with Gasteiger partial charge in [-0.3, -0.25) is 0 Å². The molecule has 0 amide bonds. The lowest BCUT2D eigenvalue weighted by atomic mass is 10.1. The maximum atomic E-state index is 12.1. The summed E-state index contributed by atoms with van der Waals surface area (Å²) >= 11 is 3.51. The van der Waals surface area contributed by atoms with Crippen molar-refractivity contribution >= 4 is 33.0 Å². The molecule has 1 N–H and O–H groups in total. The quantitative estimate of drug-likeness (QED) is 0.264. The maximum Gasteiger partial charge on any atom is 0.338 e. The Hall–Kier alpha value is -3.39. The zero-order chi connectivity index (χ0) is 21.1. The predicted octanol–water partition coefficient (Wildman–Crippen LogP) is 4.51. The highest BCUT2D eigenvalue weighted by molar-refractivity contribution is 9.10. The van der Waals surface area contributed by atoms with Crippen molar-refractivity contribution in [2.24, 2.45) is 5.16 Å². The van der Waals surface area contributed by atoms with Gasteiger partial charge in [-0.2, -0.15) is 0 Å². The molecular weight excluding hydrogens is 450 g/mol. The number of aromatic nitrogens is 2. The smallest absolute Gasteiger partial charge is 0.338 e. The number of carbonyl (C=O) groups is 1. The third kappa shape index (κ3) is 3.86. The largest absolute Gasteiger partial charge is 0.460 e. The summed E-state index contributed by atoms with van der Waals surface area (Å²) in [6.45, 7) is 2.38. The van der Waals surface area contributed by atoms with Crippen LogP contribution in [0.5, 0.6) is 0 Å². The van der Waals surface area contributed by atoms with E-state index in [9.17, 15) is 10.0 Å². The van der Waals surface area contributed by atoms with Crippen LogP contribution in [-0.4, -0.2) is 27.3 Å². The first kappa shape index (κ1) is 19.9. The van der Waals surface area contributed by atoms with Crippen LogP contribution < -0.4 is 5.49 Å². The Balaban J connectivity index is 1.59. The average Bonchev–Trinajstić information content (AvgIpc) is 3.20. The van der Waals surface area contributed by atoms with Gasteiger partial charge in [-0.25, -0.2) is 9.78 Å². The summed E-state index contributed by atoms with van der Waals surface area (Å²) in [5.41, 5.74) is 3.46. The Kier molecular flexibility index (Phi) is 5.67. The van der Waals surface area contributed by atoms with Crippen LogP contribution in [0, 0.1) is 6.92 Å². The van der Waals surface area contributed by atoms with Crippen molar-refractivity contribution in [2.75, 3.05) is 6.61 Å². The van der Waals surface area contributed by atoms with Crippen LogP contribution in [0.4, 0.5) is 0 Å². The molecule has 0 aliphatic heterocycles. The lowest BCUT2D eigenvalue weighted by Gasteiger charge is -2.08. The molecule has 30 heavy (non-hydrogen) atoms. The Morgan fingerprint density at radius 3 is 2.77 bits per heavy atom. The molecule has 0 fully saturated rings. The Morgan fingerprint density at radius 2 is 2.00 bits per heavy atom. The van der Waals surface area contributed by atoms with Crippen LogP contribution in [0.2, 0.25) is 0 Å². The fourth-order valence-electron chi connectivity index (χ4n) is 3.10. The first-order valence-corrected chi connectivity index (χ1v) is 10.0. The van der Waals surface area contributed by atoms with E-state index in [4.69, 9.17) is 9.15 Å². The van der Waals surface area contributed by atoms with Gasteiger partial charge >= 0.3 is 5.97 Å². The van der Waals surface area contributed by atoms with Crippen LogP contribution in [0.25, 0.3) is 22.6 Å². The summed E-state index contributed by atoms with van der Waals surface area (Å²) in [6.07, 6.45) is 1.70. The molecule has 2 aromatic heterocycles. The summed E-state index contributed by atoms with van der Waals surface area (Å²) in [7, 11) is 0. The van der Waals surface area contributed by atoms with Crippen LogP contribution in [-0.2, 0) is 11.3 Å². The number of hydrogen-bond donors (Lipinski definition) is 1. The SMILES string of the molecule is Cc1c(Br)cccc1-c1nc2/c(=N\O)n(CCOC(=O)c3ccccc3)ccc2o1. The van der Waals surface area contributed by atoms with Gasteiger partial charge < -0.3 is 18.9 Å². The molecule has 0 spiro atoms. The Labute approximate surface area is 180 Å². The van der Waals surface area contributed by atoms with Gasteiger partial charge in [0.1, 0.15) is 6.61 Å². The third-order valence-electron chi connectivity index (χ3n) is 4.71. The normalized spacial score (nSPS) is 11.7. The second-order valence-electron chi connectivity index (χ2n) is 6.58. The van der Waals surface area contributed by atoms with Gasteiger partial charge in [0.25, 0.3) is 0 Å². The van der Waals surface area contributed by atoms with Gasteiger partial charge in [0.15, 0.2) is 11.1 Å². The second-order valence-corrected chi connectivity index (χ2v) is 7.43. The number of pyridine rings is 1. The van der Waals surface area contributed by atoms with Gasteiger partial charge in [-0.1, -0.05) is 45.4 Å². The summed E-state index contributed by atoms with van der Waals surface area (Å²) in [6, 6.07) is 16.3. The van der Waals surface area contributed by atoms with Crippen molar-refractivity contribution in [3.05, 3.63) is 81.9 Å². The van der Waals surface area contributed by atoms with Crippen LogP contribution in [0.1, 0.15) is 15.9 Å². The molecular formula is C22H18BrN3O4. The number of nitrogens with zero attached hydrogens (tertiary/aromatic N) is 3. The molecule has 0 aliphatic rings. The predicted molar refractivity (Wildman–Crippen MR) is 114 cm³/mol. The molecule has 0 aliphatic carbocycles. The maximum absolute atomic E-state index is 12.1. The van der Waals surface area contributed by atoms with E-state index in [0.29, 0.717) is 29.1 Å². The molecule has 0 radical (unpaired) electrons. The molecule has 0 unspecified atom stereocenters. The van der Waals surface area contributed by atoms with Crippen molar-refractivity contribution < 1.29 is 19.2 Å². The highest BCUT2D eigenvalue weighted by Crippen LogP contribution is 2.29. The number of oxazole rings is 1. The monoisotopic (exact) mass is 467 g/mol. The molecule has 4 aromatic rings. The standard InChI is InChI=1S/C22H18BrN3O4/c1-14-16(8-5-9-17(14)23)21-24-19-18(30-21)10-11-26(20(19)25-28)12-13-29-22(27)15-6-3-2-4-7-15/h2-11,28H,12-13H2,1H3/b25-20+. The van der Waals surface area contributed by atoms with Gasteiger partial charge in [0.05, 0.1) is 12.1 Å². The van der Waals surface area contributed by atoms with E-state index in [1.165, 1.54) is 0 Å². The van der Waals surface area contributed by atoms with E-state index < -0.39 is 5.97 Å². The van der Waals surface area contributed by atoms with Crippen molar-refractivity contribution in [2.45, 2.75) is 13.5 Å². The molecule has 4 rings (SSSR count). The lowest BCUT2D eigenvalue weighted by Crippen LogP contribution is -2.24. The number of fused-ring (bicyclic) bond motifs is 1. The minimum Gasteiger partial charge on any atom is -0.460 e. The van der Waals surface area contributed by atoms with E-state index in [2.05, 4.69) is 26.1 Å². The van der Waals surface area contributed by atoms with E-state index >= 15 is 0 Å². The topological polar surface area (TPSA) is 89.9 Å². The molecule has 7 nitrogen and oxygen atoms in total. The number of rotatable bonds is 5. The zero-order valence-electron chi connectivity index (χ0n) is 16.1. The lowest BCUT2D eigenvalue weighted by molar-refractivity contribution is 0.0489. The molecule has 0 bridgehead atoms. The second kappa shape index (κ2) is 8.54. The molecule has 2 aromatic carbocycles. The number of halogens is 1. The Morgan fingerprint density at radius 1 is 1.20 bits per heavy atom. The summed E-state index contributed by atoms with van der Waals surface area (Å²) in [4.78, 5) is 16.6. The van der Waals surface area contributed by atoms with E-state index in [1.807, 2.05) is 31.2 Å². The van der Waals surface area contributed by atoms with Gasteiger partial charge in [-0.15, -0.1) is 0 Å². The molecule has 0 saturated heterocycles. The molecule has 0 atom stereocenters. The highest BCUT2D eigenvalue weighted by Gasteiger charge is 2.15. The van der Waals surface area contributed by atoms with E-state index in [-0.39, 0.29) is 12.1 Å². The average molecular weight is 468 g/mol. The van der Waals surface area contributed by atoms with Gasteiger partial charge in [-0.05, 0) is 42.8 Å². The highest BCUT2D eigenvalue weighted by atomic mass is 79.9. The summed E-state index contributed by atoms with van der Waals surface area (Å²) in [5.74, 6) is 0.0237. The molecule has 8 heteroatoms. The summed E-state index contributed by atoms with van der Waals surface area (Å²) < 4.78 is 13.8. The van der Waals surface area contributed by atoms with Crippen molar-refractivity contribution in [3.8, 4) is 11.5 Å². The number of hydrogen-bond acceptors (Lipinski definition) is 6. The minimum absolute atomic E-state index is 0.113. The summed E-state index contributed by atoms with van der Waals surface area (Å²) in [5, 5.41) is 13.0. The van der Waals surface area contributed by atoms with E-state index in [1.54, 1.807) is 41.1 Å². The van der Waals surface area contributed by atoms with Crippen LogP contribution in [0.3, 0.4) is 0 Å². The van der Waals surface area contributed by atoms with Crippen LogP contribution in [0.15, 0.2) is 74.8 Å². The third-order valence-corrected chi connectivity index (χ3v) is 5.57. The fourth-order valence-corrected chi connectivity index (χ4v) is 3.47. The fraction of sp³-hybridized carbons (Fsp3) is 0.136. The number of carbonyl (C=O) groups excluding carboxylic acids is 1. The first-order chi connectivity index (χ1) is 14.6. The van der Waals surface area contributed by atoms with Gasteiger partial charge in [0, 0.05) is 16.2 Å².